The quantitative estimate of drug-likeness (QED) is 0.550. The third-order valence-electron chi connectivity index (χ3n) is 2.72. The molecule has 2 heteroatoms. The summed E-state index contributed by atoms with van der Waals surface area (Å²) in [6, 6.07) is 4.06. The van der Waals surface area contributed by atoms with Gasteiger partial charge in [0.25, 0.3) is 0 Å². The molecule has 0 atom stereocenters. The van der Waals surface area contributed by atoms with Gasteiger partial charge in [-0.05, 0) is 48.8 Å². The Hall–Kier alpha value is -1.70. The Labute approximate surface area is 118 Å². The standard InChI is InChI=1S/C9H15N.C8H11N/c1-5-9(8(2)3)6-7-10-4;1-7(2)8-4-3-5-9-6-8/h5-8H,4H2,1-3H3;3-7H,1-2H3/b7-6-,9-5+;. The lowest BCUT2D eigenvalue weighted by molar-refractivity contribution is 0.789. The second kappa shape index (κ2) is 10.2. The number of rotatable bonds is 4. The van der Waals surface area contributed by atoms with Gasteiger partial charge in [-0.25, -0.2) is 0 Å². The van der Waals surface area contributed by atoms with E-state index < -0.39 is 0 Å². The third-order valence-corrected chi connectivity index (χ3v) is 2.72. The number of hydrogen-bond acceptors (Lipinski definition) is 2. The zero-order valence-electron chi connectivity index (χ0n) is 12.8. The van der Waals surface area contributed by atoms with Crippen molar-refractivity contribution in [1.29, 1.82) is 0 Å². The van der Waals surface area contributed by atoms with Gasteiger partial charge in [-0.15, -0.1) is 0 Å². The van der Waals surface area contributed by atoms with Gasteiger partial charge in [-0.3, -0.25) is 9.98 Å². The molecule has 0 aliphatic heterocycles. The first-order valence-electron chi connectivity index (χ1n) is 6.71. The summed E-state index contributed by atoms with van der Waals surface area (Å²) in [7, 11) is 0. The summed E-state index contributed by atoms with van der Waals surface area (Å²) in [5, 5.41) is 0. The van der Waals surface area contributed by atoms with E-state index in [0.29, 0.717) is 11.8 Å². The Morgan fingerprint density at radius 2 is 2.00 bits per heavy atom. The first kappa shape index (κ1) is 17.3. The van der Waals surface area contributed by atoms with E-state index in [1.54, 1.807) is 12.4 Å². The number of allylic oxidation sites excluding steroid dienone is 3. The van der Waals surface area contributed by atoms with Crippen LogP contribution in [0, 0.1) is 5.92 Å². The van der Waals surface area contributed by atoms with Crippen LogP contribution in [0.3, 0.4) is 0 Å². The van der Waals surface area contributed by atoms with Crippen LogP contribution in [0.1, 0.15) is 46.1 Å². The van der Waals surface area contributed by atoms with Crippen LogP contribution in [-0.2, 0) is 0 Å². The maximum atomic E-state index is 4.01. The van der Waals surface area contributed by atoms with Gasteiger partial charge in [0, 0.05) is 18.6 Å². The molecule has 1 rings (SSSR count). The minimum atomic E-state index is 0.572. The number of hydrogen-bond donors (Lipinski definition) is 0. The van der Waals surface area contributed by atoms with Crippen molar-refractivity contribution < 1.29 is 0 Å². The Morgan fingerprint density at radius 3 is 2.32 bits per heavy atom. The molecule has 1 aromatic rings. The highest BCUT2D eigenvalue weighted by Crippen LogP contribution is 2.10. The van der Waals surface area contributed by atoms with Crippen molar-refractivity contribution in [2.45, 2.75) is 40.5 Å². The molecule has 0 aliphatic rings. The second-order valence-electron chi connectivity index (χ2n) is 4.88. The van der Waals surface area contributed by atoms with Crippen molar-refractivity contribution >= 4 is 6.72 Å². The Balaban J connectivity index is 0.000000342. The molecule has 0 saturated heterocycles. The van der Waals surface area contributed by atoms with E-state index in [4.69, 9.17) is 0 Å². The number of pyridine rings is 1. The first-order chi connectivity index (χ1) is 9.02. The zero-order chi connectivity index (χ0) is 14.7. The first-order valence-corrected chi connectivity index (χ1v) is 6.71. The van der Waals surface area contributed by atoms with Crippen LogP contribution >= 0.6 is 0 Å². The normalized spacial score (nSPS) is 11.6. The van der Waals surface area contributed by atoms with Crippen molar-refractivity contribution in [3.63, 3.8) is 0 Å². The molecule has 0 bridgehead atoms. The van der Waals surface area contributed by atoms with Gasteiger partial charge in [-0.2, -0.15) is 0 Å². The van der Waals surface area contributed by atoms with E-state index in [2.05, 4.69) is 56.5 Å². The SMILES string of the molecule is C=N/C=C\C(=C/C)C(C)C.CC(C)c1cccnc1. The average molecular weight is 258 g/mol. The molecular formula is C17H26N2. The largest absolute Gasteiger partial charge is 0.273 e. The summed E-state index contributed by atoms with van der Waals surface area (Å²) in [4.78, 5) is 7.64. The topological polar surface area (TPSA) is 25.2 Å². The number of aromatic nitrogens is 1. The molecule has 0 N–H and O–H groups in total. The highest BCUT2D eigenvalue weighted by Gasteiger charge is 1.95. The number of aliphatic imine (C=N–C) groups is 1. The highest BCUT2D eigenvalue weighted by atomic mass is 14.6. The number of nitrogens with zero attached hydrogens (tertiary/aromatic N) is 2. The lowest BCUT2D eigenvalue weighted by Gasteiger charge is -2.02. The maximum absolute atomic E-state index is 4.01. The molecule has 104 valence electrons. The second-order valence-corrected chi connectivity index (χ2v) is 4.88. The summed E-state index contributed by atoms with van der Waals surface area (Å²) in [6.07, 6.45) is 9.50. The molecule has 0 amide bonds. The molecule has 1 heterocycles. The molecule has 0 radical (unpaired) electrons. The maximum Gasteiger partial charge on any atom is 0.0302 e. The van der Waals surface area contributed by atoms with E-state index in [-0.39, 0.29) is 0 Å². The fourth-order valence-corrected chi connectivity index (χ4v) is 1.48. The van der Waals surface area contributed by atoms with Crippen LogP contribution in [0.25, 0.3) is 0 Å². The molecule has 0 aromatic carbocycles. The van der Waals surface area contributed by atoms with Crippen molar-refractivity contribution in [2.75, 3.05) is 0 Å². The lowest BCUT2D eigenvalue weighted by Crippen LogP contribution is -1.88. The fraction of sp³-hybridized carbons (Fsp3) is 0.412. The van der Waals surface area contributed by atoms with Gasteiger partial charge < -0.3 is 0 Å². The molecule has 19 heavy (non-hydrogen) atoms. The molecule has 0 saturated carbocycles. The minimum Gasteiger partial charge on any atom is -0.273 e. The Bertz CT molecular complexity index is 401. The molecule has 0 aliphatic carbocycles. The van der Waals surface area contributed by atoms with Crippen molar-refractivity contribution in [3.8, 4) is 0 Å². The van der Waals surface area contributed by atoms with Crippen molar-refractivity contribution in [3.05, 3.63) is 54.0 Å². The van der Waals surface area contributed by atoms with Gasteiger partial charge >= 0.3 is 0 Å². The zero-order valence-corrected chi connectivity index (χ0v) is 12.8. The van der Waals surface area contributed by atoms with E-state index in [1.807, 2.05) is 25.3 Å². The fourth-order valence-electron chi connectivity index (χ4n) is 1.48. The highest BCUT2D eigenvalue weighted by molar-refractivity contribution is 5.28. The third kappa shape index (κ3) is 8.09. The molecular weight excluding hydrogens is 232 g/mol. The minimum absolute atomic E-state index is 0.572. The van der Waals surface area contributed by atoms with E-state index in [9.17, 15) is 0 Å². The molecule has 0 spiro atoms. The van der Waals surface area contributed by atoms with Gasteiger partial charge in [0.05, 0.1) is 0 Å². The average Bonchev–Trinajstić information content (AvgIpc) is 2.41. The smallest absolute Gasteiger partial charge is 0.0302 e. The molecule has 2 nitrogen and oxygen atoms in total. The van der Waals surface area contributed by atoms with E-state index >= 15 is 0 Å². The summed E-state index contributed by atoms with van der Waals surface area (Å²) >= 11 is 0. The molecule has 0 unspecified atom stereocenters. The molecule has 0 fully saturated rings. The van der Waals surface area contributed by atoms with Crippen LogP contribution < -0.4 is 0 Å². The van der Waals surface area contributed by atoms with Gasteiger partial charge in [0.1, 0.15) is 0 Å². The molecule has 1 aromatic heterocycles. The summed E-state index contributed by atoms with van der Waals surface area (Å²) in [5.41, 5.74) is 2.60. The van der Waals surface area contributed by atoms with Gasteiger partial charge in [0.15, 0.2) is 0 Å². The summed E-state index contributed by atoms with van der Waals surface area (Å²) in [6.45, 7) is 14.0. The predicted molar refractivity (Wildman–Crippen MR) is 85.6 cm³/mol. The van der Waals surface area contributed by atoms with Crippen molar-refractivity contribution in [1.82, 2.24) is 4.98 Å². The Morgan fingerprint density at radius 1 is 1.32 bits per heavy atom. The Kier molecular flexibility index (Phi) is 9.33. The summed E-state index contributed by atoms with van der Waals surface area (Å²) in [5.74, 6) is 1.17. The van der Waals surface area contributed by atoms with Crippen LogP contribution in [0.5, 0.6) is 0 Å². The van der Waals surface area contributed by atoms with Crippen LogP contribution in [-0.4, -0.2) is 11.7 Å². The van der Waals surface area contributed by atoms with Crippen LogP contribution in [0.15, 0.2) is 53.4 Å². The van der Waals surface area contributed by atoms with Crippen molar-refractivity contribution in [2.24, 2.45) is 10.9 Å². The predicted octanol–water partition coefficient (Wildman–Crippen LogP) is 5.01. The van der Waals surface area contributed by atoms with E-state index in [0.717, 1.165) is 0 Å². The lowest BCUT2D eigenvalue weighted by atomic mass is 10.0. The van der Waals surface area contributed by atoms with Gasteiger partial charge in [0.2, 0.25) is 0 Å². The van der Waals surface area contributed by atoms with Gasteiger partial charge in [-0.1, -0.05) is 39.8 Å². The van der Waals surface area contributed by atoms with E-state index in [1.165, 1.54) is 11.1 Å². The summed E-state index contributed by atoms with van der Waals surface area (Å²) < 4.78 is 0. The van der Waals surface area contributed by atoms with Crippen LogP contribution in [0.4, 0.5) is 0 Å². The monoisotopic (exact) mass is 258 g/mol. The van der Waals surface area contributed by atoms with Crippen LogP contribution in [0.2, 0.25) is 0 Å².